The molecule has 1 aliphatic rings. The number of pyridine rings is 1. The lowest BCUT2D eigenvalue weighted by molar-refractivity contribution is -0.115. The molecule has 0 aliphatic heterocycles. The van der Waals surface area contributed by atoms with Gasteiger partial charge in [-0.1, -0.05) is 24.3 Å². The number of fused-ring (bicyclic) bond motifs is 1. The van der Waals surface area contributed by atoms with Gasteiger partial charge < -0.3 is 5.32 Å². The van der Waals surface area contributed by atoms with Crippen molar-refractivity contribution in [2.75, 3.05) is 11.6 Å². The van der Waals surface area contributed by atoms with E-state index < -0.39 is 10.8 Å². The lowest BCUT2D eigenvalue weighted by Gasteiger charge is -2.07. The number of benzene rings is 2. The van der Waals surface area contributed by atoms with Crippen LogP contribution in [-0.4, -0.2) is 21.4 Å². The number of halogens is 1. The highest BCUT2D eigenvalue weighted by molar-refractivity contribution is 7.84. The zero-order valence-corrected chi connectivity index (χ0v) is 18.0. The predicted molar refractivity (Wildman–Crippen MR) is 123 cm³/mol. The van der Waals surface area contributed by atoms with Gasteiger partial charge in [0.2, 0.25) is 5.91 Å². The Hall–Kier alpha value is -3.38. The molecule has 0 spiro atoms. The van der Waals surface area contributed by atoms with Gasteiger partial charge in [-0.05, 0) is 82.8 Å². The van der Waals surface area contributed by atoms with Crippen LogP contribution in [0.5, 0.6) is 0 Å². The monoisotopic (exact) mass is 432 g/mol. The molecule has 0 radical (unpaired) electrons. The van der Waals surface area contributed by atoms with Gasteiger partial charge in [-0.3, -0.25) is 9.00 Å². The molecule has 0 saturated carbocycles. The number of allylic oxidation sites excluding steroid dienone is 2. The van der Waals surface area contributed by atoms with E-state index in [1.807, 2.05) is 37.3 Å². The van der Waals surface area contributed by atoms with Crippen molar-refractivity contribution < 1.29 is 13.4 Å². The first-order valence-corrected chi connectivity index (χ1v) is 11.3. The molecule has 1 aliphatic carbocycles. The fraction of sp³-hybridized carbons (Fsp3) is 0.120. The molecule has 6 heteroatoms. The van der Waals surface area contributed by atoms with Gasteiger partial charge in [0.25, 0.3) is 0 Å². The first-order chi connectivity index (χ1) is 14.9. The molecule has 1 unspecified atom stereocenters. The fourth-order valence-corrected chi connectivity index (χ4v) is 4.21. The van der Waals surface area contributed by atoms with Gasteiger partial charge in [-0.2, -0.15) is 0 Å². The summed E-state index contributed by atoms with van der Waals surface area (Å²) in [6.45, 7) is 1.95. The van der Waals surface area contributed by atoms with Crippen molar-refractivity contribution in [3.8, 4) is 0 Å². The molecule has 2 aromatic carbocycles. The van der Waals surface area contributed by atoms with Gasteiger partial charge in [-0.15, -0.1) is 0 Å². The first-order valence-electron chi connectivity index (χ1n) is 9.79. The van der Waals surface area contributed by atoms with Crippen LogP contribution in [0.25, 0.3) is 17.2 Å². The zero-order chi connectivity index (χ0) is 22.0. The Morgan fingerprint density at radius 2 is 1.87 bits per heavy atom. The van der Waals surface area contributed by atoms with Crippen LogP contribution in [0.4, 0.5) is 10.2 Å². The maximum atomic E-state index is 14.0. The zero-order valence-electron chi connectivity index (χ0n) is 17.2. The van der Waals surface area contributed by atoms with E-state index in [-0.39, 0.29) is 18.1 Å². The second kappa shape index (κ2) is 8.78. The number of carbonyl (C=O) groups is 1. The quantitative estimate of drug-likeness (QED) is 0.594. The SMILES string of the molecule is CC1=C(CC(=O)Nc2ccccn2)c2cc(F)ccc2C1=Cc1ccc(S(C)=O)cc1. The van der Waals surface area contributed by atoms with Crippen LogP contribution in [0, 0.1) is 5.82 Å². The lowest BCUT2D eigenvalue weighted by Crippen LogP contribution is -2.12. The van der Waals surface area contributed by atoms with E-state index in [2.05, 4.69) is 10.3 Å². The summed E-state index contributed by atoms with van der Waals surface area (Å²) in [4.78, 5) is 17.5. The Kier molecular flexibility index (Phi) is 5.91. The maximum absolute atomic E-state index is 14.0. The van der Waals surface area contributed by atoms with Crippen LogP contribution in [0.15, 0.2) is 77.3 Å². The molecule has 3 aromatic rings. The Morgan fingerprint density at radius 1 is 1.10 bits per heavy atom. The minimum Gasteiger partial charge on any atom is -0.310 e. The number of nitrogens with zero attached hydrogens (tertiary/aromatic N) is 1. The van der Waals surface area contributed by atoms with Crippen LogP contribution in [0.3, 0.4) is 0 Å². The van der Waals surface area contributed by atoms with Crippen molar-refractivity contribution in [3.63, 3.8) is 0 Å². The van der Waals surface area contributed by atoms with E-state index in [9.17, 15) is 13.4 Å². The summed E-state index contributed by atoms with van der Waals surface area (Å²) >= 11 is 0. The highest BCUT2D eigenvalue weighted by atomic mass is 32.2. The van der Waals surface area contributed by atoms with Crippen molar-refractivity contribution in [1.29, 1.82) is 0 Å². The van der Waals surface area contributed by atoms with Crippen molar-refractivity contribution in [1.82, 2.24) is 4.98 Å². The van der Waals surface area contributed by atoms with E-state index in [0.29, 0.717) is 5.82 Å². The number of amides is 1. The summed E-state index contributed by atoms with van der Waals surface area (Å²) in [5, 5.41) is 2.79. The van der Waals surface area contributed by atoms with E-state index in [0.717, 1.165) is 38.3 Å². The molecule has 4 nitrogen and oxygen atoms in total. The molecule has 0 bridgehead atoms. The van der Waals surface area contributed by atoms with Gasteiger partial charge in [0, 0.05) is 28.1 Å². The second-order valence-corrected chi connectivity index (χ2v) is 8.69. The molecule has 1 amide bonds. The highest BCUT2D eigenvalue weighted by Crippen LogP contribution is 2.43. The first kappa shape index (κ1) is 20.9. The minimum absolute atomic E-state index is 0.115. The van der Waals surface area contributed by atoms with Gasteiger partial charge >= 0.3 is 0 Å². The van der Waals surface area contributed by atoms with Crippen molar-refractivity contribution in [2.24, 2.45) is 0 Å². The van der Waals surface area contributed by atoms with Gasteiger partial charge in [-0.25, -0.2) is 9.37 Å². The standard InChI is InChI=1S/C25H21FN2O2S/c1-16-21(13-17-6-9-19(10-7-17)31(2)30)20-11-8-18(26)14-23(20)22(16)15-25(29)28-24-5-3-4-12-27-24/h3-14H,15H2,1-2H3,(H,27,28,29). The summed E-state index contributed by atoms with van der Waals surface area (Å²) in [5.41, 5.74) is 5.23. The minimum atomic E-state index is -1.04. The van der Waals surface area contributed by atoms with Gasteiger partial charge in [0.1, 0.15) is 11.6 Å². The molecule has 0 fully saturated rings. The third kappa shape index (κ3) is 4.54. The van der Waals surface area contributed by atoms with Gasteiger partial charge in [0.15, 0.2) is 0 Å². The third-order valence-electron chi connectivity index (χ3n) is 5.25. The summed E-state index contributed by atoms with van der Waals surface area (Å²) in [5.74, 6) is -0.0723. The lowest BCUT2D eigenvalue weighted by atomic mass is 10.0. The third-order valence-corrected chi connectivity index (χ3v) is 6.18. The molecule has 1 aromatic heterocycles. The number of nitrogens with one attached hydrogen (secondary N) is 1. The van der Waals surface area contributed by atoms with Gasteiger partial charge in [0.05, 0.1) is 6.42 Å². The second-order valence-electron chi connectivity index (χ2n) is 7.31. The topological polar surface area (TPSA) is 59.1 Å². The molecule has 0 saturated heterocycles. The van der Waals surface area contributed by atoms with Crippen LogP contribution < -0.4 is 5.32 Å². The summed E-state index contributed by atoms with van der Waals surface area (Å²) in [6.07, 6.45) is 5.38. The molecule has 4 rings (SSSR count). The Bertz CT molecular complexity index is 1230. The average Bonchev–Trinajstić information content (AvgIpc) is 3.00. The van der Waals surface area contributed by atoms with Crippen LogP contribution in [0.2, 0.25) is 0 Å². The Balaban J connectivity index is 1.69. The number of carbonyl (C=O) groups excluding carboxylic acids is 1. The fourth-order valence-electron chi connectivity index (χ4n) is 3.69. The number of hydrogen-bond acceptors (Lipinski definition) is 3. The average molecular weight is 433 g/mol. The number of anilines is 1. The van der Waals surface area contributed by atoms with E-state index in [1.54, 1.807) is 36.7 Å². The normalized spacial score (nSPS) is 15.1. The van der Waals surface area contributed by atoms with Crippen molar-refractivity contribution >= 4 is 39.7 Å². The van der Waals surface area contributed by atoms with Crippen molar-refractivity contribution in [3.05, 3.63) is 94.9 Å². The van der Waals surface area contributed by atoms with E-state index in [4.69, 9.17) is 0 Å². The summed E-state index contributed by atoms with van der Waals surface area (Å²) in [6, 6.07) is 17.4. The summed E-state index contributed by atoms with van der Waals surface area (Å²) < 4.78 is 25.7. The molecule has 1 N–H and O–H groups in total. The molecule has 1 heterocycles. The van der Waals surface area contributed by atoms with E-state index >= 15 is 0 Å². The summed E-state index contributed by atoms with van der Waals surface area (Å²) in [7, 11) is -1.04. The predicted octanol–water partition coefficient (Wildman–Crippen LogP) is 5.31. The van der Waals surface area contributed by atoms with E-state index in [1.165, 1.54) is 12.1 Å². The number of rotatable bonds is 5. The van der Waals surface area contributed by atoms with Crippen LogP contribution in [-0.2, 0) is 15.6 Å². The Morgan fingerprint density at radius 3 is 2.55 bits per heavy atom. The van der Waals surface area contributed by atoms with Crippen molar-refractivity contribution in [2.45, 2.75) is 18.2 Å². The highest BCUT2D eigenvalue weighted by Gasteiger charge is 2.26. The van der Waals surface area contributed by atoms with Crippen LogP contribution >= 0.6 is 0 Å². The molecule has 31 heavy (non-hydrogen) atoms. The number of aromatic nitrogens is 1. The Labute approximate surface area is 183 Å². The molecular formula is C25H21FN2O2S. The largest absolute Gasteiger partial charge is 0.310 e. The maximum Gasteiger partial charge on any atom is 0.229 e. The smallest absolute Gasteiger partial charge is 0.229 e. The molecule has 1 atom stereocenters. The molecule has 156 valence electrons. The molecular weight excluding hydrogens is 411 g/mol. The number of hydrogen-bond donors (Lipinski definition) is 1. The van der Waals surface area contributed by atoms with Crippen LogP contribution in [0.1, 0.15) is 30.0 Å².